The van der Waals surface area contributed by atoms with Crippen LogP contribution in [0.5, 0.6) is 5.75 Å². The fraction of sp³-hybridized carbons (Fsp3) is 0.500. The third kappa shape index (κ3) is 5.35. The number of fused-ring (bicyclic) bond motifs is 1. The van der Waals surface area contributed by atoms with Gasteiger partial charge in [-0.1, -0.05) is 25.1 Å². The number of allylic oxidation sites excluding steroid dienone is 2. The Morgan fingerprint density at radius 3 is 2.79 bits per heavy atom. The lowest BCUT2D eigenvalue weighted by Gasteiger charge is -2.37. The van der Waals surface area contributed by atoms with Gasteiger partial charge in [-0.05, 0) is 68.6 Å². The van der Waals surface area contributed by atoms with Crippen LogP contribution in [-0.4, -0.2) is 66.6 Å². The quantitative estimate of drug-likeness (QED) is 0.646. The number of aromatic nitrogens is 1. The number of hydrogen-bond acceptors (Lipinski definition) is 6. The maximum Gasteiger partial charge on any atom is 0.247 e. The molecule has 1 aliphatic heterocycles. The topological polar surface area (TPSA) is 83.0 Å². The molecule has 0 spiro atoms. The Balaban J connectivity index is 1.69. The molecular formula is C26H35N3O4S. The van der Waals surface area contributed by atoms with E-state index in [0.717, 1.165) is 30.5 Å². The van der Waals surface area contributed by atoms with Gasteiger partial charge in [0.05, 0.1) is 12.3 Å². The van der Waals surface area contributed by atoms with E-state index in [-0.39, 0.29) is 30.1 Å². The van der Waals surface area contributed by atoms with Gasteiger partial charge in [0.2, 0.25) is 10.0 Å². The fourth-order valence-corrected chi connectivity index (χ4v) is 6.54. The highest BCUT2D eigenvalue weighted by Gasteiger charge is 2.38. The molecule has 34 heavy (non-hydrogen) atoms. The summed E-state index contributed by atoms with van der Waals surface area (Å²) < 4.78 is 35.2. The number of ether oxygens (including phenoxy) is 1. The number of benzene rings is 1. The Hall–Kier alpha value is -2.26. The van der Waals surface area contributed by atoms with Crippen molar-refractivity contribution in [3.8, 4) is 5.75 Å². The van der Waals surface area contributed by atoms with Crippen LogP contribution in [0, 0.1) is 5.92 Å². The van der Waals surface area contributed by atoms with Gasteiger partial charge in [0, 0.05) is 37.8 Å². The average Bonchev–Trinajstić information content (AvgIpc) is 3.36. The van der Waals surface area contributed by atoms with Gasteiger partial charge in [-0.15, -0.1) is 0 Å². The summed E-state index contributed by atoms with van der Waals surface area (Å²) in [7, 11) is -1.80. The number of nitrogens with zero attached hydrogens (tertiary/aromatic N) is 3. The van der Waals surface area contributed by atoms with Crippen LogP contribution in [0.1, 0.15) is 44.4 Å². The van der Waals surface area contributed by atoms with Crippen LogP contribution < -0.4 is 4.74 Å². The number of aliphatic hydroxyl groups excluding tert-OH is 1. The minimum Gasteiger partial charge on any atom is -0.487 e. The molecule has 1 aliphatic carbocycles. The molecule has 1 aromatic heterocycles. The van der Waals surface area contributed by atoms with Crippen molar-refractivity contribution in [2.75, 3.05) is 26.7 Å². The van der Waals surface area contributed by atoms with Crippen LogP contribution in [0.15, 0.2) is 53.6 Å². The SMILES string of the molecule is C[C@H](CO)N1C[C@H](C)[C@@H](CN(C)Cc2ccccn2)Oc2cc(C3=CCCC3)ccc2S1(=O)=O. The summed E-state index contributed by atoms with van der Waals surface area (Å²) >= 11 is 0. The molecule has 0 unspecified atom stereocenters. The molecule has 0 amide bonds. The molecule has 0 bridgehead atoms. The van der Waals surface area contributed by atoms with E-state index in [2.05, 4.69) is 16.0 Å². The number of aliphatic hydroxyl groups is 1. The minimum absolute atomic E-state index is 0.0857. The monoisotopic (exact) mass is 485 g/mol. The predicted octanol–water partition coefficient (Wildman–Crippen LogP) is 3.55. The maximum atomic E-state index is 13.6. The third-order valence-electron chi connectivity index (χ3n) is 6.73. The van der Waals surface area contributed by atoms with Gasteiger partial charge in [-0.2, -0.15) is 4.31 Å². The molecule has 0 radical (unpaired) electrons. The number of rotatable bonds is 7. The fourth-order valence-electron chi connectivity index (χ4n) is 4.72. The van der Waals surface area contributed by atoms with Gasteiger partial charge in [0.25, 0.3) is 0 Å². The van der Waals surface area contributed by atoms with E-state index in [0.29, 0.717) is 18.8 Å². The molecule has 8 heteroatoms. The molecule has 2 aromatic rings. The van der Waals surface area contributed by atoms with Crippen LogP contribution in [0.3, 0.4) is 0 Å². The molecule has 1 aromatic carbocycles. The first-order chi connectivity index (χ1) is 16.3. The zero-order valence-electron chi connectivity index (χ0n) is 20.2. The Morgan fingerprint density at radius 1 is 1.29 bits per heavy atom. The predicted molar refractivity (Wildman–Crippen MR) is 133 cm³/mol. The highest BCUT2D eigenvalue weighted by Crippen LogP contribution is 2.37. The number of likely N-dealkylation sites (N-methyl/N-ethyl adjacent to an activating group) is 1. The summed E-state index contributed by atoms with van der Waals surface area (Å²) in [6.45, 7) is 5.08. The maximum absolute atomic E-state index is 13.6. The molecule has 4 rings (SSSR count). The molecular weight excluding hydrogens is 450 g/mol. The average molecular weight is 486 g/mol. The second kappa shape index (κ2) is 10.6. The zero-order valence-corrected chi connectivity index (χ0v) is 21.0. The van der Waals surface area contributed by atoms with E-state index in [1.54, 1.807) is 19.2 Å². The van der Waals surface area contributed by atoms with E-state index in [1.165, 1.54) is 9.88 Å². The molecule has 0 saturated carbocycles. The molecule has 0 fully saturated rings. The highest BCUT2D eigenvalue weighted by molar-refractivity contribution is 7.89. The molecule has 7 nitrogen and oxygen atoms in total. The minimum atomic E-state index is -3.82. The van der Waals surface area contributed by atoms with E-state index in [1.807, 2.05) is 44.3 Å². The molecule has 184 valence electrons. The van der Waals surface area contributed by atoms with E-state index < -0.39 is 16.1 Å². The van der Waals surface area contributed by atoms with Gasteiger partial charge in [0.15, 0.2) is 0 Å². The summed E-state index contributed by atoms with van der Waals surface area (Å²) in [6, 6.07) is 10.8. The van der Waals surface area contributed by atoms with E-state index in [4.69, 9.17) is 4.74 Å². The van der Waals surface area contributed by atoms with Crippen molar-refractivity contribution in [3.63, 3.8) is 0 Å². The second-order valence-corrected chi connectivity index (χ2v) is 11.4. The summed E-state index contributed by atoms with van der Waals surface area (Å²) in [5.74, 6) is 0.306. The van der Waals surface area contributed by atoms with Crippen molar-refractivity contribution in [2.24, 2.45) is 5.92 Å². The van der Waals surface area contributed by atoms with Gasteiger partial charge in [0.1, 0.15) is 16.7 Å². The first-order valence-electron chi connectivity index (χ1n) is 12.0. The van der Waals surface area contributed by atoms with Crippen molar-refractivity contribution in [1.82, 2.24) is 14.2 Å². The molecule has 3 atom stereocenters. The third-order valence-corrected chi connectivity index (χ3v) is 8.75. The Bertz CT molecular complexity index is 1120. The number of hydrogen-bond donors (Lipinski definition) is 1. The van der Waals surface area contributed by atoms with Crippen LogP contribution in [-0.2, 0) is 16.6 Å². The van der Waals surface area contributed by atoms with Crippen LogP contribution in [0.4, 0.5) is 0 Å². The Labute approximate surface area is 203 Å². The lowest BCUT2D eigenvalue weighted by molar-refractivity contribution is 0.0730. The van der Waals surface area contributed by atoms with Gasteiger partial charge in [-0.25, -0.2) is 8.42 Å². The smallest absolute Gasteiger partial charge is 0.247 e. The Kier molecular flexibility index (Phi) is 7.72. The van der Waals surface area contributed by atoms with E-state index in [9.17, 15) is 13.5 Å². The summed E-state index contributed by atoms with van der Waals surface area (Å²) in [6.07, 6.45) is 6.93. The molecule has 1 N–H and O–H groups in total. The van der Waals surface area contributed by atoms with Crippen molar-refractivity contribution in [1.29, 1.82) is 0 Å². The lowest BCUT2D eigenvalue weighted by atomic mass is 10.0. The van der Waals surface area contributed by atoms with E-state index >= 15 is 0 Å². The molecule has 2 heterocycles. The zero-order chi connectivity index (χ0) is 24.3. The second-order valence-electron chi connectivity index (χ2n) is 9.54. The Morgan fingerprint density at radius 2 is 2.12 bits per heavy atom. The van der Waals surface area contributed by atoms with Crippen LogP contribution in [0.25, 0.3) is 5.57 Å². The van der Waals surface area contributed by atoms with Crippen LogP contribution in [0.2, 0.25) is 0 Å². The normalized spacial score (nSPS) is 23.5. The van der Waals surface area contributed by atoms with Crippen molar-refractivity contribution in [2.45, 2.75) is 56.7 Å². The lowest BCUT2D eigenvalue weighted by Crippen LogP contribution is -2.49. The van der Waals surface area contributed by atoms with Gasteiger partial charge in [-0.3, -0.25) is 9.88 Å². The largest absolute Gasteiger partial charge is 0.487 e. The van der Waals surface area contributed by atoms with Gasteiger partial charge >= 0.3 is 0 Å². The summed E-state index contributed by atoms with van der Waals surface area (Å²) in [4.78, 5) is 6.74. The van der Waals surface area contributed by atoms with Gasteiger partial charge < -0.3 is 9.84 Å². The highest BCUT2D eigenvalue weighted by atomic mass is 32.2. The van der Waals surface area contributed by atoms with Crippen molar-refractivity contribution in [3.05, 3.63) is 59.9 Å². The number of sulfonamides is 1. The standard InChI is InChI=1S/C26H35N3O4S/c1-19-15-29(20(2)18-30)34(31,32)26-12-11-22(21-8-4-5-9-21)14-24(26)33-25(19)17-28(3)16-23-10-6-7-13-27-23/h6-8,10-14,19-20,25,30H,4-5,9,15-18H2,1-3H3/t19-,20+,25+/m0/s1. The van der Waals surface area contributed by atoms with Crippen molar-refractivity contribution >= 4 is 15.6 Å². The first kappa shape index (κ1) is 24.9. The first-order valence-corrected chi connectivity index (χ1v) is 13.4. The van der Waals surface area contributed by atoms with Crippen LogP contribution >= 0.6 is 0 Å². The number of pyridine rings is 1. The van der Waals surface area contributed by atoms with Crippen molar-refractivity contribution < 1.29 is 18.3 Å². The summed E-state index contributed by atoms with van der Waals surface area (Å²) in [5, 5.41) is 9.82. The molecule has 2 aliphatic rings. The summed E-state index contributed by atoms with van der Waals surface area (Å²) in [5.41, 5.74) is 3.22. The molecule has 0 saturated heterocycles.